The molecule has 9 N–H and O–H groups in total. The summed E-state index contributed by atoms with van der Waals surface area (Å²) in [5, 5.41) is 35.0. The lowest BCUT2D eigenvalue weighted by molar-refractivity contribution is -0.0549. The van der Waals surface area contributed by atoms with Crippen LogP contribution in [0.25, 0.3) is 0 Å². The van der Waals surface area contributed by atoms with Crippen molar-refractivity contribution in [1.82, 2.24) is 28.7 Å². The zero-order chi connectivity index (χ0) is 77.2. The molecule has 35 heteroatoms. The maximum atomic E-state index is 12.5. The van der Waals surface area contributed by atoms with Gasteiger partial charge in [-0.15, -0.1) is 0 Å². The smallest absolute Gasteiger partial charge is 0.351 e. The summed E-state index contributed by atoms with van der Waals surface area (Å²) in [6.07, 6.45) is 2.91. The van der Waals surface area contributed by atoms with E-state index in [1.807, 2.05) is 53.7 Å². The Kier molecular flexibility index (Phi) is 45.9. The molecule has 12 atom stereocenters. The third kappa shape index (κ3) is 28.9. The zero-order valence-electron chi connectivity index (χ0n) is 63.6. The number of aromatic nitrogens is 6. The van der Waals surface area contributed by atoms with Gasteiger partial charge in [-0.25, -0.2) is 39.7 Å². The molecule has 27 nitrogen and oxygen atoms in total. The average molecular weight is 1600 g/mol. The van der Waals surface area contributed by atoms with E-state index >= 15 is 0 Å². The van der Waals surface area contributed by atoms with Crippen LogP contribution in [0.15, 0.2) is 73.0 Å². The van der Waals surface area contributed by atoms with Crippen molar-refractivity contribution >= 4 is 92.8 Å². The molecule has 0 saturated carbocycles. The van der Waals surface area contributed by atoms with E-state index in [0.717, 1.165) is 56.2 Å². The number of ether oxygens (including phenoxy) is 4. The van der Waals surface area contributed by atoms with Crippen LogP contribution in [0.5, 0.6) is 0 Å². The Morgan fingerprint density at radius 3 is 1.33 bits per heavy atom. The minimum absolute atomic E-state index is 0. The predicted octanol–water partition coefficient (Wildman–Crippen LogP) is 11.1. The standard InChI is InChI=1S/C18H33N3O4Si.C17H30N2O4Si.C15H23ClO2S.C10H15N3O6.C4H8O.C2H6.CH4.H3NO.S3.H2S/c1-9-13-12(2)15(25-26(7,8)18(3,4)5)16(24-13)21-11-10-14(20-23-6)19-17(21)22;1-8-12-11(2)14(23-24(6,7)17(3,4)5)15(22-12)19-10-9-13(20)18-16(19)21;1-9(2)12-7-13(10(3)4)15(19(16,17)18)14(8-12)11(5)6;1-18-12-6-2-3-13(10(17)11-6)9-8(16)7(15)5(4-14)19-9;1-2-4-5-3-1;1-2;;1-2;1-3-2;/h10-13,15-16H,9H2,1-8H3,(H,19,20,22);9-12,14-15H,8H2,1-7H3,(H,18,20,21);7-11H,1-6H3;2-3,5,7-9,14-16H,4H2,1H3,(H,11,12,17);1-4H2;1-2H3;1H4;2H,1H2;;1H2/t12-,13+,15?,16+;11-,12+,14?,15+;;5-,7+,8?,9-;;;;;;/m00.1....../s1. The van der Waals surface area contributed by atoms with E-state index in [2.05, 4.69) is 168 Å². The molecule has 0 spiro atoms. The van der Waals surface area contributed by atoms with Gasteiger partial charge in [-0.05, 0) is 109 Å². The van der Waals surface area contributed by atoms with Crippen LogP contribution in [-0.4, -0.2) is 151 Å². The van der Waals surface area contributed by atoms with Gasteiger partial charge in [0.2, 0.25) is 0 Å². The van der Waals surface area contributed by atoms with Gasteiger partial charge in [-0.2, -0.15) is 23.5 Å². The number of nitrogens with one attached hydrogen (secondary N) is 3. The molecule has 102 heavy (non-hydrogen) atoms. The Morgan fingerprint density at radius 1 is 0.686 bits per heavy atom. The minimum atomic E-state index is -3.72. The molecular formula is C67H124ClN9O18S5Si2. The highest BCUT2D eigenvalue weighted by atomic mass is 35.7. The summed E-state index contributed by atoms with van der Waals surface area (Å²) in [4.78, 5) is 67.6. The number of nitrogens with two attached hydrogens (primary N) is 1. The van der Waals surface area contributed by atoms with Gasteiger partial charge in [0.25, 0.3) is 14.6 Å². The number of hydrogen-bond donors (Lipinski definition) is 8. The van der Waals surface area contributed by atoms with Gasteiger partial charge in [-0.1, -0.05) is 144 Å². The van der Waals surface area contributed by atoms with Gasteiger partial charge in [0, 0.05) is 91.6 Å². The molecule has 0 aliphatic carbocycles. The molecule has 7 heterocycles. The normalized spacial score (nSPS) is 23.0. The van der Waals surface area contributed by atoms with E-state index in [9.17, 15) is 37.8 Å². The number of nitrogens with zero attached hydrogens (tertiary/aromatic N) is 5. The second-order valence-electron chi connectivity index (χ2n) is 28.0. The topological polar surface area (TPSA) is 364 Å². The number of H-pyrrole nitrogens is 1. The highest BCUT2D eigenvalue weighted by molar-refractivity contribution is 8.37. The molecule has 3 unspecified atom stereocenters. The van der Waals surface area contributed by atoms with Crippen molar-refractivity contribution in [3.8, 4) is 0 Å². The van der Waals surface area contributed by atoms with Crippen LogP contribution in [0.3, 0.4) is 0 Å². The molecule has 4 aliphatic heterocycles. The summed E-state index contributed by atoms with van der Waals surface area (Å²) in [6.45, 7) is 48.2. The molecular weight excluding hydrogens is 1470 g/mol. The van der Waals surface area contributed by atoms with Crippen LogP contribution < -0.4 is 39.5 Å². The SMILES string of the molecule is C.C1CCOC1.CC.CC(C)c1cc(C(C)C)c(S(=O)(=O)Cl)c(C(C)C)c1.CC[C@H]1O[C@@H](n2ccc(=O)[nH]c2=O)C(O[Si](C)(C)C(C)(C)C)[C@H]1C.CC[C@H]1O[C@@H](n2ccc(NOC)nc2=O)C(O[Si](C)(C)C(C)(C)C)[C@H]1C.CONc1ccn([C@@H]2O[C@H](CO)[C@H](O)C2O)c(=O)n1.NO.S.S=S=S. The lowest BCUT2D eigenvalue weighted by Crippen LogP contribution is -2.47. The Hall–Kier alpha value is -3.58. The first kappa shape index (κ1) is 100. The second kappa shape index (κ2) is 46.6. The molecule has 4 aliphatic rings. The van der Waals surface area contributed by atoms with E-state index < -0.39 is 86.2 Å². The van der Waals surface area contributed by atoms with Gasteiger partial charge >= 0.3 is 17.1 Å². The Balaban J connectivity index is 0. The number of benzene rings is 1. The quantitative estimate of drug-likeness (QED) is 0.0261. The van der Waals surface area contributed by atoms with Gasteiger partial charge in [0.05, 0.1) is 50.1 Å². The van der Waals surface area contributed by atoms with Crippen LogP contribution >= 0.6 is 24.2 Å². The second-order valence-corrected chi connectivity index (χ2v) is 41.8. The summed E-state index contributed by atoms with van der Waals surface area (Å²) in [6, 6.07) is 8.45. The molecule has 3 aromatic heterocycles. The molecule has 8 rings (SSSR count). The van der Waals surface area contributed by atoms with E-state index in [4.69, 9.17) is 53.6 Å². The summed E-state index contributed by atoms with van der Waals surface area (Å²) in [5.74, 6) is 5.06. The van der Waals surface area contributed by atoms with Gasteiger partial charge < -0.3 is 48.3 Å². The van der Waals surface area contributed by atoms with Crippen LogP contribution in [0.2, 0.25) is 36.3 Å². The van der Waals surface area contributed by atoms with Crippen molar-refractivity contribution in [3.05, 3.63) is 107 Å². The van der Waals surface area contributed by atoms with E-state index in [1.54, 1.807) is 12.3 Å². The molecule has 1 aromatic carbocycles. The number of rotatable bonds is 18. The first-order valence-electron chi connectivity index (χ1n) is 33.8. The van der Waals surface area contributed by atoms with Crippen LogP contribution in [-0.2, 0) is 77.8 Å². The fraction of sp³-hybridized carbons (Fsp3) is 0.731. The lowest BCUT2D eigenvalue weighted by atomic mass is 9.89. The third-order valence-corrected chi connectivity index (χ3v) is 28.5. The third-order valence-electron chi connectivity index (χ3n) is 18.1. The molecule has 0 bridgehead atoms. The highest BCUT2D eigenvalue weighted by Gasteiger charge is 2.51. The zero-order valence-corrected chi connectivity index (χ0v) is 70.6. The maximum Gasteiger partial charge on any atom is 0.351 e. The Labute approximate surface area is 631 Å². The van der Waals surface area contributed by atoms with Gasteiger partial charge in [0.1, 0.15) is 18.3 Å². The largest absolute Gasteiger partial charge is 0.409 e. The molecule has 590 valence electrons. The van der Waals surface area contributed by atoms with E-state index in [0.29, 0.717) is 16.6 Å². The number of aromatic amines is 1. The highest BCUT2D eigenvalue weighted by Crippen LogP contribution is 2.46. The summed E-state index contributed by atoms with van der Waals surface area (Å²) in [5.41, 5.74) is 5.84. The molecule has 0 amide bonds. The fourth-order valence-corrected chi connectivity index (χ4v) is 14.8. The van der Waals surface area contributed by atoms with Crippen molar-refractivity contribution < 1.29 is 66.4 Å². The number of anilines is 2. The van der Waals surface area contributed by atoms with E-state index in [-0.39, 0.29) is 90.6 Å². The first-order valence-corrected chi connectivity index (χ1v) is 44.6. The monoisotopic (exact) mass is 1590 g/mol. The number of aliphatic hydroxyl groups is 3. The van der Waals surface area contributed by atoms with Crippen molar-refractivity contribution in [1.29, 1.82) is 0 Å². The molecule has 0 radical (unpaired) electrons. The first-order chi connectivity index (χ1) is 46.5. The number of halogens is 1. The summed E-state index contributed by atoms with van der Waals surface area (Å²) in [7, 11) is 1.66. The molecule has 4 saturated heterocycles. The van der Waals surface area contributed by atoms with Crippen molar-refractivity contribution in [2.75, 3.05) is 45.0 Å². The van der Waals surface area contributed by atoms with Gasteiger partial charge in [-0.3, -0.25) is 33.2 Å². The Bertz CT molecular complexity index is 3460. The van der Waals surface area contributed by atoms with E-state index in [1.165, 1.54) is 60.7 Å². The van der Waals surface area contributed by atoms with Crippen molar-refractivity contribution in [3.63, 3.8) is 0 Å². The molecule has 4 aromatic rings. The fourth-order valence-electron chi connectivity index (χ4n) is 10.4. The average Bonchev–Trinajstić information content (AvgIpc) is 0.948. The maximum absolute atomic E-state index is 12.5. The van der Waals surface area contributed by atoms with Crippen LogP contribution in [0.1, 0.15) is 211 Å². The number of hydrogen-bond acceptors (Lipinski definition) is 25. The summed E-state index contributed by atoms with van der Waals surface area (Å²) < 4.78 is 63.7. The number of aliphatic hydroxyl groups excluding tert-OH is 3. The van der Waals surface area contributed by atoms with Gasteiger partial charge in [0.15, 0.2) is 47.0 Å². The van der Waals surface area contributed by atoms with Crippen molar-refractivity contribution in [2.24, 2.45) is 17.7 Å². The minimum Gasteiger partial charge on any atom is -0.409 e. The van der Waals surface area contributed by atoms with Crippen LogP contribution in [0.4, 0.5) is 11.6 Å². The predicted molar refractivity (Wildman–Crippen MR) is 422 cm³/mol. The van der Waals surface area contributed by atoms with Crippen molar-refractivity contribution in [2.45, 2.75) is 278 Å². The molecule has 4 fully saturated rings. The lowest BCUT2D eigenvalue weighted by Gasteiger charge is -2.40. The summed E-state index contributed by atoms with van der Waals surface area (Å²) >= 11 is 8.25. The van der Waals surface area contributed by atoms with Crippen LogP contribution in [0, 0.1) is 11.8 Å². The Morgan fingerprint density at radius 2 is 1.05 bits per heavy atom.